The molecule has 0 bridgehead atoms. The van der Waals surface area contributed by atoms with Crippen molar-refractivity contribution in [2.24, 2.45) is 0 Å². The van der Waals surface area contributed by atoms with Gasteiger partial charge in [0.25, 0.3) is 0 Å². The second-order valence-corrected chi connectivity index (χ2v) is 22.1. The van der Waals surface area contributed by atoms with E-state index in [0.717, 1.165) is 38.5 Å². The largest absolute Gasteiger partial charge is 0.472 e. The number of aliphatic hydroxyl groups excluding tert-OH is 1. The van der Waals surface area contributed by atoms with Gasteiger partial charge in [-0.05, 0) is 44.9 Å². The first-order chi connectivity index (χ1) is 31.5. The van der Waals surface area contributed by atoms with Gasteiger partial charge in [-0.3, -0.25) is 13.8 Å². The molecule has 1 amide bonds. The zero-order valence-electron chi connectivity index (χ0n) is 44.0. The number of nitrogens with zero attached hydrogens (tertiary/aromatic N) is 1. The maximum absolute atomic E-state index is 13.0. The van der Waals surface area contributed by atoms with Gasteiger partial charge in [-0.15, -0.1) is 0 Å². The van der Waals surface area contributed by atoms with Crippen LogP contribution in [0, 0.1) is 0 Å². The Morgan fingerprint density at radius 1 is 0.508 bits per heavy atom. The lowest BCUT2D eigenvalue weighted by Crippen LogP contribution is -2.45. The first-order valence-corrected chi connectivity index (χ1v) is 29.7. The van der Waals surface area contributed by atoms with Crippen LogP contribution in [0.15, 0.2) is 24.3 Å². The van der Waals surface area contributed by atoms with Crippen LogP contribution in [0.1, 0.15) is 277 Å². The van der Waals surface area contributed by atoms with Crippen LogP contribution >= 0.6 is 7.82 Å². The average Bonchev–Trinajstić information content (AvgIpc) is 3.26. The van der Waals surface area contributed by atoms with E-state index in [2.05, 4.69) is 31.3 Å². The molecule has 0 saturated heterocycles. The van der Waals surface area contributed by atoms with Crippen molar-refractivity contribution in [2.45, 2.75) is 289 Å². The third-order valence-electron chi connectivity index (χ3n) is 12.9. The third-order valence-corrected chi connectivity index (χ3v) is 13.9. The highest BCUT2D eigenvalue weighted by Gasteiger charge is 2.27. The van der Waals surface area contributed by atoms with E-state index in [1.807, 2.05) is 27.2 Å². The van der Waals surface area contributed by atoms with Crippen molar-refractivity contribution in [3.8, 4) is 0 Å². The fraction of sp³-hybridized carbons (Fsp3) is 0.911. The van der Waals surface area contributed by atoms with Gasteiger partial charge in [0.2, 0.25) is 5.91 Å². The molecule has 0 aromatic rings. The molecule has 0 saturated carbocycles. The van der Waals surface area contributed by atoms with Crippen molar-refractivity contribution in [1.29, 1.82) is 0 Å². The molecule has 3 N–H and O–H groups in total. The number of hydrogen-bond donors (Lipinski definition) is 3. The molecule has 0 spiro atoms. The van der Waals surface area contributed by atoms with E-state index in [9.17, 15) is 19.4 Å². The van der Waals surface area contributed by atoms with Gasteiger partial charge < -0.3 is 19.8 Å². The van der Waals surface area contributed by atoms with Gasteiger partial charge in [-0.25, -0.2) is 4.57 Å². The van der Waals surface area contributed by atoms with Crippen LogP contribution in [0.5, 0.6) is 0 Å². The van der Waals surface area contributed by atoms with E-state index in [1.165, 1.54) is 218 Å². The smallest absolute Gasteiger partial charge is 0.387 e. The number of carbonyl (C=O) groups is 1. The minimum atomic E-state index is -4.34. The molecular formula is C56H112N2O6P+. The first-order valence-electron chi connectivity index (χ1n) is 28.2. The van der Waals surface area contributed by atoms with Gasteiger partial charge in [0.15, 0.2) is 0 Å². The van der Waals surface area contributed by atoms with E-state index in [-0.39, 0.29) is 19.1 Å². The molecule has 0 fully saturated rings. The van der Waals surface area contributed by atoms with Crippen molar-refractivity contribution >= 4 is 13.7 Å². The van der Waals surface area contributed by atoms with Gasteiger partial charge in [0, 0.05) is 6.42 Å². The molecule has 0 aromatic heterocycles. The van der Waals surface area contributed by atoms with Gasteiger partial charge in [0.05, 0.1) is 39.9 Å². The molecule has 65 heavy (non-hydrogen) atoms. The number of hydrogen-bond acceptors (Lipinski definition) is 5. The molecule has 8 nitrogen and oxygen atoms in total. The van der Waals surface area contributed by atoms with Crippen molar-refractivity contribution in [2.75, 3.05) is 40.9 Å². The van der Waals surface area contributed by atoms with Crippen LogP contribution in [0.3, 0.4) is 0 Å². The van der Waals surface area contributed by atoms with Crippen molar-refractivity contribution in [1.82, 2.24) is 5.32 Å². The van der Waals surface area contributed by atoms with Crippen molar-refractivity contribution in [3.05, 3.63) is 24.3 Å². The van der Waals surface area contributed by atoms with Gasteiger partial charge >= 0.3 is 7.82 Å². The zero-order chi connectivity index (χ0) is 47.8. The van der Waals surface area contributed by atoms with Gasteiger partial charge in [-0.2, -0.15) is 0 Å². The molecule has 3 unspecified atom stereocenters. The lowest BCUT2D eigenvalue weighted by atomic mass is 10.0. The molecule has 0 radical (unpaired) electrons. The van der Waals surface area contributed by atoms with E-state index >= 15 is 0 Å². The molecule has 386 valence electrons. The van der Waals surface area contributed by atoms with Gasteiger partial charge in [-0.1, -0.05) is 250 Å². The van der Waals surface area contributed by atoms with E-state index in [4.69, 9.17) is 9.05 Å². The normalized spacial score (nSPS) is 14.1. The number of quaternary nitrogens is 1. The van der Waals surface area contributed by atoms with Crippen molar-refractivity contribution < 1.29 is 32.9 Å². The summed E-state index contributed by atoms with van der Waals surface area (Å²) in [5, 5.41) is 13.9. The number of phosphoric ester groups is 1. The number of allylic oxidation sites excluding steroid dienone is 3. The highest BCUT2D eigenvalue weighted by molar-refractivity contribution is 7.47. The summed E-state index contributed by atoms with van der Waals surface area (Å²) in [5.74, 6) is -0.174. The number of amides is 1. The summed E-state index contributed by atoms with van der Waals surface area (Å²) in [4.78, 5) is 23.3. The number of unbranched alkanes of at least 4 members (excludes halogenated alkanes) is 37. The third kappa shape index (κ3) is 50.7. The maximum Gasteiger partial charge on any atom is 0.472 e. The molecule has 0 aliphatic rings. The van der Waals surface area contributed by atoms with Gasteiger partial charge in [0.1, 0.15) is 13.2 Å². The standard InChI is InChI=1S/C56H111N2O6P/c1-6-8-10-12-14-16-18-20-22-24-26-28-29-30-32-34-36-38-40-42-44-46-48-50-56(60)57-54(53-64-65(61,62)63-52-51-58(3,4)5)55(59)49-47-45-43-41-39-37-35-33-31-27-25-23-21-19-17-15-13-11-9-7-2/h24,26,47,49,54-55,59H,6-23,25,27-46,48,50-53H2,1-5H3,(H-,57,60,61,62)/p+1/b26-24-,49-47+. The fourth-order valence-corrected chi connectivity index (χ4v) is 9.19. The highest BCUT2D eigenvalue weighted by atomic mass is 31.2. The Labute approximate surface area is 404 Å². The Morgan fingerprint density at radius 2 is 0.831 bits per heavy atom. The Bertz CT molecular complexity index is 1110. The molecule has 9 heteroatoms. The molecular weight excluding hydrogens is 828 g/mol. The van der Waals surface area contributed by atoms with Crippen molar-refractivity contribution in [3.63, 3.8) is 0 Å². The highest BCUT2D eigenvalue weighted by Crippen LogP contribution is 2.43. The molecule has 0 rings (SSSR count). The first kappa shape index (κ1) is 64.0. The summed E-state index contributed by atoms with van der Waals surface area (Å²) in [7, 11) is 1.58. The molecule has 0 aliphatic carbocycles. The van der Waals surface area contributed by atoms with E-state index in [1.54, 1.807) is 6.08 Å². The summed E-state index contributed by atoms with van der Waals surface area (Å²) in [6, 6.07) is -0.845. The van der Waals surface area contributed by atoms with E-state index in [0.29, 0.717) is 17.4 Å². The lowest BCUT2D eigenvalue weighted by Gasteiger charge is -2.25. The Morgan fingerprint density at radius 3 is 1.18 bits per heavy atom. The number of carbonyl (C=O) groups excluding carboxylic acids is 1. The number of likely N-dealkylation sites (N-methyl/N-ethyl adjacent to an activating group) is 1. The van der Waals surface area contributed by atoms with Crippen LogP contribution in [-0.2, 0) is 18.4 Å². The predicted molar refractivity (Wildman–Crippen MR) is 281 cm³/mol. The average molecular weight is 940 g/mol. The summed E-state index contributed by atoms with van der Waals surface area (Å²) < 4.78 is 23.7. The predicted octanol–water partition coefficient (Wildman–Crippen LogP) is 16.8. The summed E-state index contributed by atoms with van der Waals surface area (Å²) in [5.41, 5.74) is 0. The van der Waals surface area contributed by atoms with Crippen LogP contribution in [0.25, 0.3) is 0 Å². The topological polar surface area (TPSA) is 105 Å². The Hall–Kier alpha value is -1.02. The summed E-state index contributed by atoms with van der Waals surface area (Å²) in [6.07, 6.45) is 59.8. The second kappa shape index (κ2) is 48.0. The number of aliphatic hydroxyl groups is 1. The minimum Gasteiger partial charge on any atom is -0.387 e. The number of rotatable bonds is 52. The quantitative estimate of drug-likeness (QED) is 0.0243. The maximum atomic E-state index is 13.0. The minimum absolute atomic E-state index is 0.0632. The SMILES string of the molecule is CCCCCCCCCC/C=C\CCCCCCCCCCCCCC(=O)NC(COP(=O)(O)OCC[N+](C)(C)C)C(O)/C=C/CCCCCCCCCCCCCCCCCCCC. The lowest BCUT2D eigenvalue weighted by molar-refractivity contribution is -0.870. The summed E-state index contributed by atoms with van der Waals surface area (Å²) in [6.45, 7) is 4.85. The van der Waals surface area contributed by atoms with Crippen LogP contribution in [0.2, 0.25) is 0 Å². The molecule has 0 aromatic carbocycles. The second-order valence-electron chi connectivity index (χ2n) is 20.7. The monoisotopic (exact) mass is 940 g/mol. The fourth-order valence-electron chi connectivity index (χ4n) is 8.45. The number of nitrogens with one attached hydrogen (secondary N) is 1. The van der Waals surface area contributed by atoms with Crippen LogP contribution in [0.4, 0.5) is 0 Å². The molecule has 0 heterocycles. The summed E-state index contributed by atoms with van der Waals surface area (Å²) >= 11 is 0. The molecule has 0 aliphatic heterocycles. The van der Waals surface area contributed by atoms with Crippen LogP contribution in [-0.4, -0.2) is 73.4 Å². The number of phosphoric acid groups is 1. The van der Waals surface area contributed by atoms with Crippen LogP contribution < -0.4 is 5.32 Å². The Kier molecular flexibility index (Phi) is 47.3. The molecule has 3 atom stereocenters. The zero-order valence-corrected chi connectivity index (χ0v) is 44.9. The Balaban J connectivity index is 4.22. The van der Waals surface area contributed by atoms with E-state index < -0.39 is 20.0 Å².